The van der Waals surface area contributed by atoms with Gasteiger partial charge >= 0.3 is 11.9 Å². The van der Waals surface area contributed by atoms with Gasteiger partial charge in [-0.15, -0.1) is 10.2 Å². The van der Waals surface area contributed by atoms with Gasteiger partial charge < -0.3 is 18.3 Å². The largest absolute Gasteiger partial charge is 0.465 e. The average molecular weight is 354 g/mol. The first-order chi connectivity index (χ1) is 12.7. The first-order valence-electron chi connectivity index (χ1n) is 7.55. The summed E-state index contributed by atoms with van der Waals surface area (Å²) in [6.07, 6.45) is 4.31. The lowest BCUT2D eigenvalue weighted by molar-refractivity contribution is -0.139. The summed E-state index contributed by atoms with van der Waals surface area (Å²) in [5.74, 6) is -0.193. The van der Waals surface area contributed by atoms with Crippen LogP contribution in [0.15, 0.2) is 57.6 Å². The zero-order valence-corrected chi connectivity index (χ0v) is 13.7. The minimum atomic E-state index is -0.570. The van der Waals surface area contributed by atoms with Gasteiger partial charge in [0.15, 0.2) is 12.4 Å². The van der Waals surface area contributed by atoms with Crippen LogP contribution in [0, 0.1) is 0 Å². The van der Waals surface area contributed by atoms with Gasteiger partial charge in [0.2, 0.25) is 0 Å². The van der Waals surface area contributed by atoms with E-state index >= 15 is 0 Å². The number of carbonyl (C=O) groups excluding carboxylic acids is 2. The average Bonchev–Trinajstić information content (AvgIpc) is 3.36. The van der Waals surface area contributed by atoms with Crippen molar-refractivity contribution in [2.75, 3.05) is 7.11 Å². The summed E-state index contributed by atoms with van der Waals surface area (Å²) in [6, 6.07) is 9.95. The van der Waals surface area contributed by atoms with Crippen LogP contribution in [0.3, 0.4) is 0 Å². The zero-order chi connectivity index (χ0) is 18.4. The number of hydrogen-bond acceptors (Lipinski definition) is 8. The maximum absolute atomic E-state index is 11.8. The SMILES string of the molecule is COC(=O)c1ccc(/C=C/C(=O)OCc2nnc(-c3ccco3)o2)cc1. The summed E-state index contributed by atoms with van der Waals surface area (Å²) in [5, 5.41) is 7.58. The minimum absolute atomic E-state index is 0.153. The Balaban J connectivity index is 1.52. The Morgan fingerprint density at radius 1 is 1.15 bits per heavy atom. The number of carbonyl (C=O) groups is 2. The number of methoxy groups -OCH3 is 1. The van der Waals surface area contributed by atoms with Crippen LogP contribution in [0.5, 0.6) is 0 Å². The van der Waals surface area contributed by atoms with E-state index in [0.29, 0.717) is 11.3 Å². The summed E-state index contributed by atoms with van der Waals surface area (Å²) in [6.45, 7) is -0.155. The third-order valence-electron chi connectivity index (χ3n) is 3.28. The molecule has 0 radical (unpaired) electrons. The smallest absolute Gasteiger partial charge is 0.337 e. The number of benzene rings is 1. The number of nitrogens with zero attached hydrogens (tertiary/aromatic N) is 2. The molecule has 1 aromatic carbocycles. The maximum Gasteiger partial charge on any atom is 0.337 e. The third kappa shape index (κ3) is 4.23. The standard InChI is InChI=1S/C18H14N2O6/c1-23-18(22)13-7-4-12(5-8-13)6-9-16(21)25-11-15-19-20-17(26-15)14-3-2-10-24-14/h2-10H,11H2,1H3/b9-6+. The van der Waals surface area contributed by atoms with Crippen molar-refractivity contribution in [1.82, 2.24) is 10.2 Å². The van der Waals surface area contributed by atoms with Crippen LogP contribution in [-0.4, -0.2) is 29.2 Å². The summed E-state index contributed by atoms with van der Waals surface area (Å²) < 4.78 is 20.1. The molecule has 0 fully saturated rings. The van der Waals surface area contributed by atoms with Crippen molar-refractivity contribution < 1.29 is 27.9 Å². The fourth-order valence-electron chi connectivity index (χ4n) is 2.01. The topological polar surface area (TPSA) is 105 Å². The Morgan fingerprint density at radius 2 is 1.96 bits per heavy atom. The molecule has 0 spiro atoms. The third-order valence-corrected chi connectivity index (χ3v) is 3.28. The molecule has 0 aliphatic carbocycles. The summed E-state index contributed by atoms with van der Waals surface area (Å²) in [7, 11) is 1.31. The Labute approximate surface area is 148 Å². The molecule has 26 heavy (non-hydrogen) atoms. The monoisotopic (exact) mass is 354 g/mol. The van der Waals surface area contributed by atoms with Crippen LogP contribution in [0.4, 0.5) is 0 Å². The van der Waals surface area contributed by atoms with Crippen LogP contribution in [-0.2, 0) is 20.9 Å². The lowest BCUT2D eigenvalue weighted by atomic mass is 10.1. The lowest BCUT2D eigenvalue weighted by Crippen LogP contribution is -2.01. The summed E-state index contributed by atoms with van der Waals surface area (Å²) in [5.41, 5.74) is 1.16. The summed E-state index contributed by atoms with van der Waals surface area (Å²) >= 11 is 0. The molecule has 0 saturated carbocycles. The van der Waals surface area contributed by atoms with Gasteiger partial charge in [-0.1, -0.05) is 12.1 Å². The van der Waals surface area contributed by atoms with Crippen molar-refractivity contribution in [3.05, 3.63) is 65.8 Å². The van der Waals surface area contributed by atoms with Crippen molar-refractivity contribution in [2.24, 2.45) is 0 Å². The molecule has 0 unspecified atom stereocenters. The number of hydrogen-bond donors (Lipinski definition) is 0. The first kappa shape index (κ1) is 17.2. The summed E-state index contributed by atoms with van der Waals surface area (Å²) in [4.78, 5) is 23.1. The highest BCUT2D eigenvalue weighted by Gasteiger charge is 2.11. The molecule has 0 saturated heterocycles. The second kappa shape index (κ2) is 7.93. The molecule has 3 rings (SSSR count). The van der Waals surface area contributed by atoms with Crippen molar-refractivity contribution in [1.29, 1.82) is 0 Å². The van der Waals surface area contributed by atoms with Crippen LogP contribution in [0.1, 0.15) is 21.8 Å². The predicted molar refractivity (Wildman–Crippen MR) is 88.6 cm³/mol. The lowest BCUT2D eigenvalue weighted by Gasteiger charge is -1.99. The highest BCUT2D eigenvalue weighted by Crippen LogP contribution is 2.18. The molecule has 0 atom stereocenters. The van der Waals surface area contributed by atoms with Gasteiger partial charge in [-0.3, -0.25) is 0 Å². The zero-order valence-electron chi connectivity index (χ0n) is 13.7. The van der Waals surface area contributed by atoms with Gasteiger partial charge in [-0.05, 0) is 35.9 Å². The molecule has 8 nitrogen and oxygen atoms in total. The van der Waals surface area contributed by atoms with Gasteiger partial charge in [-0.2, -0.15) is 0 Å². The Morgan fingerprint density at radius 3 is 2.65 bits per heavy atom. The normalized spacial score (nSPS) is 10.8. The van der Waals surface area contributed by atoms with Crippen LogP contribution in [0.2, 0.25) is 0 Å². The quantitative estimate of drug-likeness (QED) is 0.491. The van der Waals surface area contributed by atoms with Crippen LogP contribution in [0.25, 0.3) is 17.7 Å². The number of ether oxygens (including phenoxy) is 2. The Hall–Kier alpha value is -3.68. The van der Waals surface area contributed by atoms with Crippen LogP contribution < -0.4 is 0 Å². The van der Waals surface area contributed by atoms with E-state index in [2.05, 4.69) is 14.9 Å². The molecule has 0 amide bonds. The molecular formula is C18H14N2O6. The van der Waals surface area contributed by atoms with Crippen molar-refractivity contribution >= 4 is 18.0 Å². The second-order valence-corrected chi connectivity index (χ2v) is 5.03. The fourth-order valence-corrected chi connectivity index (χ4v) is 2.01. The van der Waals surface area contributed by atoms with E-state index in [1.165, 1.54) is 19.4 Å². The van der Waals surface area contributed by atoms with Crippen molar-refractivity contribution in [3.8, 4) is 11.7 Å². The first-order valence-corrected chi connectivity index (χ1v) is 7.55. The Bertz CT molecular complexity index is 910. The highest BCUT2D eigenvalue weighted by molar-refractivity contribution is 5.90. The van der Waals surface area contributed by atoms with Gasteiger partial charge in [0, 0.05) is 6.08 Å². The fraction of sp³-hybridized carbons (Fsp3) is 0.111. The van der Waals surface area contributed by atoms with E-state index in [1.807, 2.05) is 0 Å². The molecule has 132 valence electrons. The maximum atomic E-state index is 11.8. The molecule has 0 aliphatic rings. The number of esters is 2. The molecule has 8 heteroatoms. The van der Waals surface area contributed by atoms with Gasteiger partial charge in [0.1, 0.15) is 0 Å². The molecular weight excluding hydrogens is 340 g/mol. The van der Waals surface area contributed by atoms with E-state index in [9.17, 15) is 9.59 Å². The van der Waals surface area contributed by atoms with Gasteiger partial charge in [-0.25, -0.2) is 9.59 Å². The Kier molecular flexibility index (Phi) is 5.23. The second-order valence-electron chi connectivity index (χ2n) is 5.03. The predicted octanol–water partition coefficient (Wildman–Crippen LogP) is 2.87. The van der Waals surface area contributed by atoms with E-state index in [4.69, 9.17) is 13.6 Å². The number of aromatic nitrogens is 2. The molecule has 2 heterocycles. The molecule has 2 aromatic heterocycles. The molecule has 0 N–H and O–H groups in total. The minimum Gasteiger partial charge on any atom is -0.465 e. The van der Waals surface area contributed by atoms with E-state index in [-0.39, 0.29) is 18.4 Å². The van der Waals surface area contributed by atoms with E-state index in [0.717, 1.165) is 5.56 Å². The number of rotatable bonds is 6. The van der Waals surface area contributed by atoms with E-state index in [1.54, 1.807) is 42.5 Å². The number of furan rings is 1. The van der Waals surface area contributed by atoms with Crippen LogP contribution >= 0.6 is 0 Å². The van der Waals surface area contributed by atoms with Crippen molar-refractivity contribution in [2.45, 2.75) is 6.61 Å². The van der Waals surface area contributed by atoms with Crippen molar-refractivity contribution in [3.63, 3.8) is 0 Å². The molecule has 0 aliphatic heterocycles. The molecule has 0 bridgehead atoms. The van der Waals surface area contributed by atoms with Gasteiger partial charge in [0.25, 0.3) is 11.8 Å². The van der Waals surface area contributed by atoms with Gasteiger partial charge in [0.05, 0.1) is 18.9 Å². The van der Waals surface area contributed by atoms with E-state index < -0.39 is 11.9 Å². The highest BCUT2D eigenvalue weighted by atomic mass is 16.5. The molecule has 3 aromatic rings.